The largest absolute Gasteiger partial charge is 0.478 e. The molecule has 1 N–H and O–H groups in total. The van der Waals surface area contributed by atoms with E-state index >= 15 is 0 Å². The van der Waals surface area contributed by atoms with Crippen molar-refractivity contribution in [2.24, 2.45) is 0 Å². The van der Waals surface area contributed by atoms with Gasteiger partial charge in [0.05, 0.1) is 22.1 Å². The Morgan fingerprint density at radius 1 is 1.21 bits per heavy atom. The third-order valence-corrected chi connectivity index (χ3v) is 4.61. The topological polar surface area (TPSA) is 55.1 Å². The first-order valence-electron chi connectivity index (χ1n) is 9.04. The summed E-state index contributed by atoms with van der Waals surface area (Å²) < 4.78 is 15.2. The Morgan fingerprint density at radius 3 is 2.61 bits per heavy atom. The number of hydrogen-bond donors (Lipinski definition) is 1. The quantitative estimate of drug-likeness (QED) is 0.502. The van der Waals surface area contributed by atoms with Crippen LogP contribution in [-0.2, 0) is 6.42 Å². The summed E-state index contributed by atoms with van der Waals surface area (Å²) in [4.78, 5) is 12.1. The van der Waals surface area contributed by atoms with Crippen LogP contribution in [0.15, 0.2) is 60.7 Å². The maximum absolute atomic E-state index is 13.6. The van der Waals surface area contributed by atoms with Crippen LogP contribution >= 0.6 is 11.6 Å². The molecule has 0 aliphatic rings. The number of nitrogens with zero attached hydrogens (tertiary/aromatic N) is 2. The Bertz CT molecular complexity index is 1010. The van der Waals surface area contributed by atoms with E-state index in [4.69, 9.17) is 11.6 Å². The minimum atomic E-state index is -1.05. The van der Waals surface area contributed by atoms with Crippen LogP contribution in [-0.4, -0.2) is 20.9 Å². The summed E-state index contributed by atoms with van der Waals surface area (Å²) in [7, 11) is 0. The number of halogens is 2. The fourth-order valence-corrected chi connectivity index (χ4v) is 3.21. The first-order valence-corrected chi connectivity index (χ1v) is 9.41. The molecule has 2 aromatic carbocycles. The van der Waals surface area contributed by atoms with Crippen molar-refractivity contribution in [3.8, 4) is 16.9 Å². The smallest absolute Gasteiger partial charge is 0.339 e. The molecule has 0 bridgehead atoms. The lowest BCUT2D eigenvalue weighted by Crippen LogP contribution is -2.03. The van der Waals surface area contributed by atoms with E-state index in [1.54, 1.807) is 0 Å². The van der Waals surface area contributed by atoms with Crippen LogP contribution in [0.3, 0.4) is 0 Å². The van der Waals surface area contributed by atoms with Gasteiger partial charge in [-0.3, -0.25) is 0 Å². The maximum Gasteiger partial charge on any atom is 0.339 e. The lowest BCUT2D eigenvalue weighted by Gasteiger charge is -2.09. The highest BCUT2D eigenvalue weighted by Crippen LogP contribution is 2.31. The first kappa shape index (κ1) is 19.8. The minimum Gasteiger partial charge on any atom is -0.478 e. The van der Waals surface area contributed by atoms with Gasteiger partial charge in [0.2, 0.25) is 0 Å². The molecule has 0 fully saturated rings. The van der Waals surface area contributed by atoms with Crippen LogP contribution in [0.4, 0.5) is 4.39 Å². The Kier molecular flexibility index (Phi) is 6.26. The number of carboxylic acid groups (broad SMARTS) is 1. The summed E-state index contributed by atoms with van der Waals surface area (Å²) in [5.74, 6) is -1.59. The van der Waals surface area contributed by atoms with E-state index in [1.807, 2.05) is 49.4 Å². The molecule has 0 aliphatic carbocycles. The van der Waals surface area contributed by atoms with Gasteiger partial charge in [-0.25, -0.2) is 13.9 Å². The monoisotopic (exact) mass is 398 g/mol. The number of carbonyl (C=O) groups is 1. The molecule has 0 spiro atoms. The van der Waals surface area contributed by atoms with Crippen molar-refractivity contribution < 1.29 is 14.3 Å². The van der Waals surface area contributed by atoms with Crippen molar-refractivity contribution in [3.05, 3.63) is 82.8 Å². The van der Waals surface area contributed by atoms with E-state index in [9.17, 15) is 14.3 Å². The third kappa shape index (κ3) is 4.15. The Hall–Kier alpha value is -2.92. The molecule has 0 atom stereocenters. The van der Waals surface area contributed by atoms with Gasteiger partial charge in [-0.15, -0.1) is 0 Å². The van der Waals surface area contributed by atoms with E-state index in [0.29, 0.717) is 35.5 Å². The van der Waals surface area contributed by atoms with Gasteiger partial charge < -0.3 is 5.11 Å². The van der Waals surface area contributed by atoms with Crippen LogP contribution in [0.5, 0.6) is 0 Å². The van der Waals surface area contributed by atoms with Gasteiger partial charge >= 0.3 is 5.97 Å². The van der Waals surface area contributed by atoms with Crippen LogP contribution in [0.1, 0.15) is 35.8 Å². The zero-order valence-corrected chi connectivity index (χ0v) is 16.2. The van der Waals surface area contributed by atoms with Gasteiger partial charge in [-0.1, -0.05) is 61.0 Å². The second-order valence-corrected chi connectivity index (χ2v) is 6.68. The highest BCUT2D eigenvalue weighted by molar-refractivity contribution is 6.30. The van der Waals surface area contributed by atoms with Crippen LogP contribution in [0.25, 0.3) is 16.9 Å². The first-order chi connectivity index (χ1) is 13.5. The predicted octanol–water partition coefficient (Wildman–Crippen LogP) is 5.93. The summed E-state index contributed by atoms with van der Waals surface area (Å²) in [6.45, 7) is 2.04. The van der Waals surface area contributed by atoms with Crippen molar-refractivity contribution in [3.63, 3.8) is 0 Å². The van der Waals surface area contributed by atoms with Gasteiger partial charge in [0, 0.05) is 5.56 Å². The molecular formula is C22H20ClFN2O2. The van der Waals surface area contributed by atoms with E-state index in [-0.39, 0.29) is 10.6 Å². The van der Waals surface area contributed by atoms with Crippen molar-refractivity contribution in [1.82, 2.24) is 9.78 Å². The maximum atomic E-state index is 13.6. The fraction of sp³-hybridized carbons (Fsp3) is 0.182. The molecule has 28 heavy (non-hydrogen) atoms. The van der Waals surface area contributed by atoms with Crippen LogP contribution in [0.2, 0.25) is 5.02 Å². The summed E-state index contributed by atoms with van der Waals surface area (Å²) in [5.41, 5.74) is 2.29. The van der Waals surface area contributed by atoms with Crippen molar-refractivity contribution in [2.45, 2.75) is 26.2 Å². The molecule has 0 unspecified atom stereocenters. The van der Waals surface area contributed by atoms with Gasteiger partial charge in [0.25, 0.3) is 0 Å². The van der Waals surface area contributed by atoms with Crippen molar-refractivity contribution in [2.75, 3.05) is 0 Å². The molecule has 3 rings (SSSR count). The Balaban J connectivity index is 2.20. The van der Waals surface area contributed by atoms with Crippen molar-refractivity contribution in [1.29, 1.82) is 0 Å². The molecule has 0 radical (unpaired) electrons. The Labute approximate surface area is 167 Å². The van der Waals surface area contributed by atoms with Gasteiger partial charge in [-0.2, -0.15) is 5.10 Å². The van der Waals surface area contributed by atoms with Crippen molar-refractivity contribution >= 4 is 17.6 Å². The van der Waals surface area contributed by atoms with Crippen LogP contribution < -0.4 is 0 Å². The molecular weight excluding hydrogens is 379 g/mol. The number of aryl methyl sites for hydroxylation is 1. The summed E-state index contributed by atoms with van der Waals surface area (Å²) in [5, 5.41) is 14.4. The normalized spacial score (nSPS) is 11.2. The molecule has 1 heterocycles. The number of rotatable bonds is 7. The number of benzene rings is 2. The van der Waals surface area contributed by atoms with Gasteiger partial charge in [0.15, 0.2) is 0 Å². The standard InChI is InChI=1S/C22H20ClFN2O2/c1-2-3-4-8-11-19-20(22(27)28)21(15-9-6-5-7-10-15)26(25-19)16-12-13-18(24)17(23)14-16/h3-7,9-10,12-14H,2,8,11H2,1H3,(H,27,28)/b4-3-. The number of aromatic nitrogens is 2. The molecule has 3 aromatic rings. The van der Waals surface area contributed by atoms with Gasteiger partial charge in [-0.05, 0) is 37.5 Å². The average molecular weight is 399 g/mol. The van der Waals surface area contributed by atoms with Crippen LogP contribution in [0, 0.1) is 5.82 Å². The van der Waals surface area contributed by atoms with E-state index < -0.39 is 11.8 Å². The zero-order chi connectivity index (χ0) is 20.1. The lowest BCUT2D eigenvalue weighted by molar-refractivity contribution is 0.0696. The van der Waals surface area contributed by atoms with Gasteiger partial charge in [0.1, 0.15) is 11.4 Å². The molecule has 0 amide bonds. The number of hydrogen-bond acceptors (Lipinski definition) is 2. The van der Waals surface area contributed by atoms with E-state index in [1.165, 1.54) is 22.9 Å². The third-order valence-electron chi connectivity index (χ3n) is 4.32. The molecule has 1 aromatic heterocycles. The SMILES string of the molecule is CC/C=C\CCc1nn(-c2ccc(F)c(Cl)c2)c(-c2ccccc2)c1C(=O)O. The number of aromatic carboxylic acids is 1. The molecule has 0 aliphatic heterocycles. The minimum absolute atomic E-state index is 0.0451. The number of carboxylic acids is 1. The number of allylic oxidation sites excluding steroid dienone is 2. The van der Waals surface area contributed by atoms with E-state index in [2.05, 4.69) is 5.10 Å². The highest BCUT2D eigenvalue weighted by Gasteiger charge is 2.25. The second kappa shape index (κ2) is 8.85. The Morgan fingerprint density at radius 2 is 1.96 bits per heavy atom. The zero-order valence-electron chi connectivity index (χ0n) is 15.4. The second-order valence-electron chi connectivity index (χ2n) is 6.27. The highest BCUT2D eigenvalue weighted by atomic mass is 35.5. The molecule has 144 valence electrons. The summed E-state index contributed by atoms with van der Waals surface area (Å²) >= 11 is 5.95. The lowest BCUT2D eigenvalue weighted by atomic mass is 10.0. The summed E-state index contributed by atoms with van der Waals surface area (Å²) in [6, 6.07) is 13.4. The van der Waals surface area contributed by atoms with E-state index in [0.717, 1.165) is 6.42 Å². The summed E-state index contributed by atoms with van der Waals surface area (Å²) in [6.07, 6.45) is 6.14. The molecule has 0 saturated heterocycles. The predicted molar refractivity (Wildman–Crippen MR) is 109 cm³/mol. The fourth-order valence-electron chi connectivity index (χ4n) is 3.03. The molecule has 4 nitrogen and oxygen atoms in total. The molecule has 6 heteroatoms. The average Bonchev–Trinajstić information content (AvgIpc) is 3.08. The molecule has 0 saturated carbocycles.